The van der Waals surface area contributed by atoms with E-state index in [1.54, 1.807) is 39.8 Å². The summed E-state index contributed by atoms with van der Waals surface area (Å²) in [5.41, 5.74) is 8.61. The van der Waals surface area contributed by atoms with Crippen LogP contribution in [-0.4, -0.2) is 57.1 Å². The molecule has 4 rings (SSSR count). The molecule has 3 aromatic rings. The first-order valence-corrected chi connectivity index (χ1v) is 10.5. The van der Waals surface area contributed by atoms with Crippen LogP contribution in [0.3, 0.4) is 0 Å². The number of imidazole rings is 1. The maximum absolute atomic E-state index is 12.5. The number of carbonyl (C=O) groups excluding carboxylic acids is 2. The van der Waals surface area contributed by atoms with Gasteiger partial charge in [-0.2, -0.15) is 0 Å². The van der Waals surface area contributed by atoms with E-state index in [0.717, 1.165) is 23.2 Å². The second-order valence-electron chi connectivity index (χ2n) is 8.83. The van der Waals surface area contributed by atoms with E-state index in [1.807, 2.05) is 26.8 Å². The van der Waals surface area contributed by atoms with Gasteiger partial charge in [-0.05, 0) is 45.4 Å². The molecule has 1 amide bonds. The fourth-order valence-corrected chi connectivity index (χ4v) is 3.93. The highest BCUT2D eigenvalue weighted by Crippen LogP contribution is 2.34. The summed E-state index contributed by atoms with van der Waals surface area (Å²) < 4.78 is 12.1. The normalized spacial score (nSPS) is 16.4. The third kappa shape index (κ3) is 4.10. The minimum atomic E-state index is -0.542. The van der Waals surface area contributed by atoms with Crippen molar-refractivity contribution in [2.75, 3.05) is 25.9 Å². The number of benzene rings is 1. The van der Waals surface area contributed by atoms with Crippen LogP contribution in [0.25, 0.3) is 16.9 Å². The minimum absolute atomic E-state index is 0.0439. The Morgan fingerprint density at radius 3 is 2.53 bits per heavy atom. The maximum atomic E-state index is 12.5. The molecule has 1 fully saturated rings. The molecule has 2 N–H and O–H groups in total. The van der Waals surface area contributed by atoms with E-state index in [1.165, 1.54) is 7.11 Å². The highest BCUT2D eigenvalue weighted by Gasteiger charge is 2.33. The summed E-state index contributed by atoms with van der Waals surface area (Å²) in [6.45, 7) is 6.69. The monoisotopic (exact) mass is 437 g/mol. The lowest BCUT2D eigenvalue weighted by Gasteiger charge is -2.24. The molecule has 9 heteroatoms. The van der Waals surface area contributed by atoms with Crippen LogP contribution in [0.4, 0.5) is 10.7 Å². The van der Waals surface area contributed by atoms with Gasteiger partial charge in [0, 0.05) is 30.8 Å². The number of nitrogens with two attached hydrogens (primary N) is 1. The van der Waals surface area contributed by atoms with Gasteiger partial charge in [0.15, 0.2) is 0 Å². The van der Waals surface area contributed by atoms with Crippen LogP contribution in [0.1, 0.15) is 49.2 Å². The number of carbonyl (C=O) groups is 2. The molecule has 32 heavy (non-hydrogen) atoms. The van der Waals surface area contributed by atoms with Crippen LogP contribution in [-0.2, 0) is 9.47 Å². The molecule has 1 saturated heterocycles. The second kappa shape index (κ2) is 8.14. The van der Waals surface area contributed by atoms with E-state index in [0.29, 0.717) is 30.4 Å². The van der Waals surface area contributed by atoms with E-state index in [9.17, 15) is 9.59 Å². The maximum Gasteiger partial charge on any atom is 0.410 e. The zero-order valence-electron chi connectivity index (χ0n) is 18.7. The van der Waals surface area contributed by atoms with Gasteiger partial charge in [0.1, 0.15) is 11.4 Å². The fraction of sp³-hybridized carbons (Fsp3) is 0.391. The Hall–Kier alpha value is -3.62. The SMILES string of the molecule is COC(=O)c1ccc(-c2nc(C3CCN(C(=O)OC(C)(C)C)C3)c3ccnc(N)n23)cc1. The number of likely N-dealkylation sites (tertiary alicyclic amines) is 1. The number of anilines is 1. The van der Waals surface area contributed by atoms with E-state index >= 15 is 0 Å². The number of hydrogen-bond acceptors (Lipinski definition) is 7. The van der Waals surface area contributed by atoms with E-state index in [4.69, 9.17) is 20.2 Å². The number of methoxy groups -OCH3 is 1. The molecule has 3 heterocycles. The molecular formula is C23H27N5O4. The summed E-state index contributed by atoms with van der Waals surface area (Å²) in [7, 11) is 1.35. The quantitative estimate of drug-likeness (QED) is 0.624. The van der Waals surface area contributed by atoms with Gasteiger partial charge in [0.05, 0.1) is 23.9 Å². The standard InChI is InChI=1S/C23H27N5O4/c1-23(2,3)32-22(30)27-12-10-16(13-27)18-17-9-11-25-21(24)28(17)19(26-18)14-5-7-15(8-6-14)20(29)31-4/h5-9,11,16H,10,12-13H2,1-4H3,(H2,24,25). The number of ether oxygens (including phenoxy) is 2. The van der Waals surface area contributed by atoms with Gasteiger partial charge >= 0.3 is 12.1 Å². The van der Waals surface area contributed by atoms with Gasteiger partial charge in [0.25, 0.3) is 0 Å². The van der Waals surface area contributed by atoms with Gasteiger partial charge in [-0.25, -0.2) is 19.6 Å². The van der Waals surface area contributed by atoms with E-state index < -0.39 is 11.6 Å². The number of amides is 1. The predicted octanol–water partition coefficient (Wildman–Crippen LogP) is 3.49. The Labute approximate surface area is 186 Å². The summed E-state index contributed by atoms with van der Waals surface area (Å²) in [4.78, 5) is 35.1. The van der Waals surface area contributed by atoms with Gasteiger partial charge in [0.2, 0.25) is 5.95 Å². The summed E-state index contributed by atoms with van der Waals surface area (Å²) in [5, 5.41) is 0. The fourth-order valence-electron chi connectivity index (χ4n) is 3.93. The summed E-state index contributed by atoms with van der Waals surface area (Å²) in [6, 6.07) is 8.86. The molecule has 0 saturated carbocycles. The van der Waals surface area contributed by atoms with Crippen LogP contribution in [0.15, 0.2) is 36.5 Å². The lowest BCUT2D eigenvalue weighted by Crippen LogP contribution is -2.35. The molecule has 0 bridgehead atoms. The van der Waals surface area contributed by atoms with Gasteiger partial charge in [-0.15, -0.1) is 0 Å². The molecule has 9 nitrogen and oxygen atoms in total. The van der Waals surface area contributed by atoms with Crippen molar-refractivity contribution in [3.63, 3.8) is 0 Å². The Balaban J connectivity index is 1.68. The number of fused-ring (bicyclic) bond motifs is 1. The van der Waals surface area contributed by atoms with Gasteiger partial charge in [-0.1, -0.05) is 12.1 Å². The van der Waals surface area contributed by atoms with Crippen molar-refractivity contribution in [3.05, 3.63) is 47.8 Å². The average molecular weight is 438 g/mol. The minimum Gasteiger partial charge on any atom is -0.465 e. The highest BCUT2D eigenvalue weighted by molar-refractivity contribution is 5.89. The summed E-state index contributed by atoms with van der Waals surface area (Å²) in [6.07, 6.45) is 2.11. The third-order valence-corrected chi connectivity index (χ3v) is 5.40. The first-order chi connectivity index (χ1) is 15.2. The molecule has 1 aromatic carbocycles. The van der Waals surface area contributed by atoms with Crippen LogP contribution in [0.5, 0.6) is 0 Å². The van der Waals surface area contributed by atoms with Crippen molar-refractivity contribution in [1.82, 2.24) is 19.3 Å². The third-order valence-electron chi connectivity index (χ3n) is 5.40. The Bertz CT molecular complexity index is 1160. The average Bonchev–Trinajstić information content (AvgIpc) is 3.38. The smallest absolute Gasteiger partial charge is 0.410 e. The molecule has 168 valence electrons. The van der Waals surface area contributed by atoms with Gasteiger partial charge in [-0.3, -0.25) is 4.40 Å². The predicted molar refractivity (Wildman–Crippen MR) is 119 cm³/mol. The Morgan fingerprint density at radius 2 is 1.88 bits per heavy atom. The van der Waals surface area contributed by atoms with Crippen molar-refractivity contribution in [2.24, 2.45) is 0 Å². The van der Waals surface area contributed by atoms with Crippen LogP contribution >= 0.6 is 0 Å². The Kier molecular flexibility index (Phi) is 5.50. The summed E-state index contributed by atoms with van der Waals surface area (Å²) >= 11 is 0. The van der Waals surface area contributed by atoms with Gasteiger partial charge < -0.3 is 20.1 Å². The van der Waals surface area contributed by atoms with Crippen LogP contribution in [0.2, 0.25) is 0 Å². The highest BCUT2D eigenvalue weighted by atomic mass is 16.6. The Morgan fingerprint density at radius 1 is 1.16 bits per heavy atom. The van der Waals surface area contributed by atoms with Crippen LogP contribution < -0.4 is 5.73 Å². The number of nitrogen functional groups attached to an aromatic ring is 1. The first kappa shape index (κ1) is 21.6. The van der Waals surface area contributed by atoms with Crippen molar-refractivity contribution >= 4 is 23.5 Å². The lowest BCUT2D eigenvalue weighted by molar-refractivity contribution is 0.0292. The topological polar surface area (TPSA) is 112 Å². The molecule has 1 atom stereocenters. The number of esters is 1. The molecule has 1 aliphatic heterocycles. The number of hydrogen-bond donors (Lipinski definition) is 1. The van der Waals surface area contributed by atoms with Crippen LogP contribution in [0, 0.1) is 0 Å². The zero-order valence-corrected chi connectivity index (χ0v) is 18.7. The number of aromatic nitrogens is 3. The van der Waals surface area contributed by atoms with Crippen molar-refractivity contribution < 1.29 is 19.1 Å². The molecule has 0 spiro atoms. The molecular weight excluding hydrogens is 410 g/mol. The molecule has 1 aliphatic rings. The number of rotatable bonds is 3. The van der Waals surface area contributed by atoms with E-state index in [2.05, 4.69) is 4.98 Å². The molecule has 0 radical (unpaired) electrons. The summed E-state index contributed by atoms with van der Waals surface area (Å²) in [5.74, 6) is 0.588. The first-order valence-electron chi connectivity index (χ1n) is 10.5. The molecule has 0 aliphatic carbocycles. The van der Waals surface area contributed by atoms with Crippen molar-refractivity contribution in [2.45, 2.75) is 38.7 Å². The molecule has 2 aromatic heterocycles. The second-order valence-corrected chi connectivity index (χ2v) is 8.83. The zero-order chi connectivity index (χ0) is 23.0. The molecule has 1 unspecified atom stereocenters. The van der Waals surface area contributed by atoms with Crippen molar-refractivity contribution in [3.8, 4) is 11.4 Å². The van der Waals surface area contributed by atoms with E-state index in [-0.39, 0.29) is 12.0 Å². The van der Waals surface area contributed by atoms with Crippen molar-refractivity contribution in [1.29, 1.82) is 0 Å². The largest absolute Gasteiger partial charge is 0.465 e. The lowest BCUT2D eigenvalue weighted by atomic mass is 10.0. The number of nitrogens with zero attached hydrogens (tertiary/aromatic N) is 4.